The average molecular weight is 869 g/mol. The topological polar surface area (TPSA) is 88.1 Å². The molecular weight excluding hydrogens is 797 g/mol. The molecule has 1 aliphatic carbocycles. The van der Waals surface area contributed by atoms with Gasteiger partial charge in [0.25, 0.3) is 0 Å². The van der Waals surface area contributed by atoms with Gasteiger partial charge >= 0.3 is 11.9 Å². The van der Waals surface area contributed by atoms with E-state index in [9.17, 15) is 14.4 Å². The van der Waals surface area contributed by atoms with E-state index in [1.807, 2.05) is 48.5 Å². The van der Waals surface area contributed by atoms with Gasteiger partial charge in [0.05, 0.1) is 0 Å². The summed E-state index contributed by atoms with van der Waals surface area (Å²) in [5.41, 5.74) is 5.33. The lowest BCUT2D eigenvalue weighted by molar-refractivity contribution is -0.147. The molecule has 0 aromatic heterocycles. The summed E-state index contributed by atoms with van der Waals surface area (Å²) >= 11 is 0. The third-order valence-corrected chi connectivity index (χ3v) is 13.2. The van der Waals surface area contributed by atoms with Gasteiger partial charge in [-0.1, -0.05) is 153 Å². The molecule has 0 heterocycles. The van der Waals surface area contributed by atoms with Crippen LogP contribution in [0.5, 0.6) is 17.2 Å². The van der Waals surface area contributed by atoms with Crippen LogP contribution >= 0.6 is 0 Å². The van der Waals surface area contributed by atoms with E-state index in [1.54, 1.807) is 6.92 Å². The van der Waals surface area contributed by atoms with E-state index in [0.29, 0.717) is 22.4 Å². The van der Waals surface area contributed by atoms with Gasteiger partial charge in [-0.15, -0.1) is 0 Å². The first-order valence-corrected chi connectivity index (χ1v) is 23.6. The Kier molecular flexibility index (Phi) is 17.8. The molecular formula is C57H72O7. The zero-order valence-corrected chi connectivity index (χ0v) is 39.9. The molecule has 7 heteroatoms. The van der Waals surface area contributed by atoms with Crippen LogP contribution in [0.15, 0.2) is 115 Å². The van der Waals surface area contributed by atoms with Crippen LogP contribution in [0.25, 0.3) is 5.57 Å². The Morgan fingerprint density at radius 1 is 0.562 bits per heavy atom. The lowest BCUT2D eigenvalue weighted by Crippen LogP contribution is -2.29. The number of esters is 2. The van der Waals surface area contributed by atoms with Crippen molar-refractivity contribution in [2.75, 3.05) is 13.2 Å². The van der Waals surface area contributed by atoms with Crippen LogP contribution in [0, 0.1) is 0 Å². The summed E-state index contributed by atoms with van der Waals surface area (Å²) < 4.78 is 23.5. The highest BCUT2D eigenvalue weighted by Gasteiger charge is 2.34. The van der Waals surface area contributed by atoms with Crippen LogP contribution in [0.1, 0.15) is 167 Å². The van der Waals surface area contributed by atoms with E-state index in [0.717, 1.165) is 42.7 Å². The summed E-state index contributed by atoms with van der Waals surface area (Å²) in [6.45, 7) is 19.1. The van der Waals surface area contributed by atoms with Gasteiger partial charge in [-0.05, 0) is 123 Å². The molecule has 0 aliphatic heterocycles. The van der Waals surface area contributed by atoms with Gasteiger partial charge in [-0.25, -0.2) is 9.59 Å². The van der Waals surface area contributed by atoms with E-state index in [2.05, 4.69) is 96.7 Å². The summed E-state index contributed by atoms with van der Waals surface area (Å²) in [5, 5.41) is 0. The summed E-state index contributed by atoms with van der Waals surface area (Å²) in [6, 6.07) is 33.0. The highest BCUT2D eigenvalue weighted by atomic mass is 16.6. The van der Waals surface area contributed by atoms with E-state index in [1.165, 1.54) is 75.8 Å². The number of Topliss-reactive ketones (excluding diaryl/α,β-unsaturated/α-hetero) is 1. The van der Waals surface area contributed by atoms with Crippen LogP contribution < -0.4 is 9.47 Å². The maximum Gasteiger partial charge on any atom is 0.342 e. The van der Waals surface area contributed by atoms with E-state index in [-0.39, 0.29) is 40.8 Å². The minimum atomic E-state index is -0.795. The molecule has 1 fully saturated rings. The van der Waals surface area contributed by atoms with Gasteiger partial charge in [0, 0.05) is 16.6 Å². The van der Waals surface area contributed by atoms with Gasteiger partial charge in [0.2, 0.25) is 0 Å². The standard InChI is InChI=1S/C57H72O7/c1-10-55(6,7)45-25-21-43(22-26-45)52(51(42(5)58)54(60)62-40-39-61-53(59)41(3)4)44-23-31-48(32-24-44)63-49-33-27-46(28-34-49)57(37-19-17-15-13-12-14-16-18-20-38-57)47-29-35-50(36-30-47)64-56(8,9)11-2/h21-36H,3,10-20,37-40H2,1-2,4-9H3/b52-51-. The second-order valence-electron chi connectivity index (χ2n) is 18.8. The zero-order chi connectivity index (χ0) is 46.3. The minimum absolute atomic E-state index is 0.0525. The van der Waals surface area contributed by atoms with Crippen molar-refractivity contribution in [3.8, 4) is 17.2 Å². The fourth-order valence-electron chi connectivity index (χ4n) is 8.49. The first kappa shape index (κ1) is 49.6. The SMILES string of the molecule is C=C(C)C(=O)OCCOC(=O)/C(C(C)=O)=C(\c1ccc(Oc2ccc(C3(c4ccc(OC(C)(C)CC)cc4)CCCCCCCCCCC3)cc2)cc1)c1ccc(C(C)(C)CC)cc1. The van der Waals surface area contributed by atoms with Crippen LogP contribution in [0.4, 0.5) is 0 Å². The number of benzene rings is 4. The molecule has 342 valence electrons. The van der Waals surface area contributed by atoms with Crippen molar-refractivity contribution >= 4 is 23.3 Å². The van der Waals surface area contributed by atoms with Gasteiger partial charge in [-0.2, -0.15) is 0 Å². The summed E-state index contributed by atoms with van der Waals surface area (Å²) in [7, 11) is 0. The van der Waals surface area contributed by atoms with Gasteiger partial charge in [-0.3, -0.25) is 4.79 Å². The van der Waals surface area contributed by atoms with Gasteiger partial charge in [0.1, 0.15) is 41.6 Å². The smallest absolute Gasteiger partial charge is 0.342 e. The maximum atomic E-state index is 13.7. The quantitative estimate of drug-likeness (QED) is 0.0343. The third kappa shape index (κ3) is 13.3. The fourth-order valence-corrected chi connectivity index (χ4v) is 8.49. The molecule has 0 bridgehead atoms. The van der Waals surface area contributed by atoms with Crippen molar-refractivity contribution in [1.82, 2.24) is 0 Å². The molecule has 5 rings (SSSR count). The number of hydrogen-bond acceptors (Lipinski definition) is 7. The van der Waals surface area contributed by atoms with Crippen molar-refractivity contribution in [1.29, 1.82) is 0 Å². The predicted molar refractivity (Wildman–Crippen MR) is 259 cm³/mol. The number of ether oxygens (including phenoxy) is 4. The summed E-state index contributed by atoms with van der Waals surface area (Å²) in [4.78, 5) is 38.9. The number of carbonyl (C=O) groups is 3. The predicted octanol–water partition coefficient (Wildman–Crippen LogP) is 14.4. The number of hydrogen-bond donors (Lipinski definition) is 0. The van der Waals surface area contributed by atoms with Crippen LogP contribution in [-0.2, 0) is 34.7 Å². The molecule has 0 unspecified atom stereocenters. The monoisotopic (exact) mass is 869 g/mol. The number of carbonyl (C=O) groups excluding carboxylic acids is 3. The normalized spacial score (nSPS) is 15.4. The van der Waals surface area contributed by atoms with Gasteiger partial charge in [0.15, 0.2) is 5.78 Å². The van der Waals surface area contributed by atoms with Gasteiger partial charge < -0.3 is 18.9 Å². The van der Waals surface area contributed by atoms with Crippen LogP contribution in [0.2, 0.25) is 0 Å². The summed E-state index contributed by atoms with van der Waals surface area (Å²) in [6.07, 6.45) is 15.5. The molecule has 1 saturated carbocycles. The van der Waals surface area contributed by atoms with Crippen molar-refractivity contribution < 1.29 is 33.3 Å². The Morgan fingerprint density at radius 3 is 1.42 bits per heavy atom. The van der Waals surface area contributed by atoms with E-state index < -0.39 is 17.7 Å². The molecule has 1 aliphatic rings. The van der Waals surface area contributed by atoms with E-state index >= 15 is 0 Å². The first-order valence-electron chi connectivity index (χ1n) is 23.6. The Bertz CT molecular complexity index is 2180. The molecule has 0 amide bonds. The molecule has 0 saturated heterocycles. The highest BCUT2D eigenvalue weighted by molar-refractivity contribution is 6.23. The molecule has 0 spiro atoms. The Hall–Kier alpha value is -5.43. The van der Waals surface area contributed by atoms with E-state index in [4.69, 9.17) is 18.9 Å². The summed E-state index contributed by atoms with van der Waals surface area (Å²) in [5.74, 6) is 0.425. The molecule has 64 heavy (non-hydrogen) atoms. The second kappa shape index (κ2) is 23.0. The third-order valence-electron chi connectivity index (χ3n) is 13.2. The minimum Gasteiger partial charge on any atom is -0.488 e. The Labute approximate surface area is 383 Å². The molecule has 0 atom stereocenters. The van der Waals surface area contributed by atoms with Crippen molar-refractivity contribution in [3.05, 3.63) is 143 Å². The molecule has 0 N–H and O–H groups in total. The fraction of sp³-hybridized carbons (Fsp3) is 0.456. The van der Waals surface area contributed by atoms with Crippen LogP contribution in [-0.4, -0.2) is 36.5 Å². The second-order valence-corrected chi connectivity index (χ2v) is 18.8. The maximum absolute atomic E-state index is 13.7. The first-order chi connectivity index (χ1) is 30.6. The molecule has 7 nitrogen and oxygen atoms in total. The number of ketones is 1. The molecule has 4 aromatic rings. The highest BCUT2D eigenvalue weighted by Crippen LogP contribution is 2.44. The number of rotatable bonds is 17. The van der Waals surface area contributed by atoms with Crippen LogP contribution in [0.3, 0.4) is 0 Å². The molecule has 0 radical (unpaired) electrons. The average Bonchev–Trinajstić information content (AvgIpc) is 3.28. The zero-order valence-electron chi connectivity index (χ0n) is 39.9. The Balaban J connectivity index is 1.45. The lowest BCUT2D eigenvalue weighted by atomic mass is 9.67. The lowest BCUT2D eigenvalue weighted by Gasteiger charge is -2.36. The van der Waals surface area contributed by atoms with Crippen molar-refractivity contribution in [3.63, 3.8) is 0 Å². The van der Waals surface area contributed by atoms with Crippen molar-refractivity contribution in [2.45, 2.75) is 155 Å². The van der Waals surface area contributed by atoms with Crippen molar-refractivity contribution in [2.24, 2.45) is 0 Å². The Morgan fingerprint density at radius 2 is 0.984 bits per heavy atom. The molecule has 4 aromatic carbocycles. The largest absolute Gasteiger partial charge is 0.488 e.